The van der Waals surface area contributed by atoms with Gasteiger partial charge in [0.2, 0.25) is 5.91 Å². The first kappa shape index (κ1) is 10.6. The Balaban J connectivity index is 2.26. The van der Waals surface area contributed by atoms with Crippen molar-refractivity contribution in [1.82, 2.24) is 4.90 Å². The fourth-order valence-electron chi connectivity index (χ4n) is 1.79. The van der Waals surface area contributed by atoms with Crippen molar-refractivity contribution in [3.8, 4) is 0 Å². The van der Waals surface area contributed by atoms with E-state index in [4.69, 9.17) is 5.11 Å². The number of aliphatic carboxylic acids is 1. The molecule has 0 radical (unpaired) electrons. The van der Waals surface area contributed by atoms with Crippen molar-refractivity contribution in [2.45, 2.75) is 13.0 Å². The lowest BCUT2D eigenvalue weighted by atomic mass is 9.99. The molecule has 0 saturated carbocycles. The molecule has 0 aromatic heterocycles. The first-order valence-electron chi connectivity index (χ1n) is 4.83. The second-order valence-corrected chi connectivity index (χ2v) is 3.73. The SMILES string of the molecule is O=C(O)CN1Cc2cc(F)ccc2CC1=O. The molecule has 1 N–H and O–H groups in total. The molecular formula is C11H10FNO3. The summed E-state index contributed by atoms with van der Waals surface area (Å²) in [6.07, 6.45) is 0.142. The zero-order valence-electron chi connectivity index (χ0n) is 8.44. The van der Waals surface area contributed by atoms with E-state index in [1.165, 1.54) is 17.0 Å². The van der Waals surface area contributed by atoms with Crippen LogP contribution in [0.5, 0.6) is 0 Å². The Kier molecular flexibility index (Phi) is 2.60. The van der Waals surface area contributed by atoms with Crippen LogP contribution < -0.4 is 0 Å². The highest BCUT2D eigenvalue weighted by molar-refractivity contribution is 5.84. The number of rotatable bonds is 2. The molecule has 2 rings (SSSR count). The number of hydrogen-bond donors (Lipinski definition) is 1. The van der Waals surface area contributed by atoms with E-state index in [1.807, 2.05) is 0 Å². The number of benzene rings is 1. The number of hydrogen-bond acceptors (Lipinski definition) is 2. The standard InChI is InChI=1S/C11H10FNO3/c12-9-2-1-7-4-10(14)13(6-11(15)16)5-8(7)3-9/h1-3H,4-6H2,(H,15,16). The first-order chi connectivity index (χ1) is 7.56. The van der Waals surface area contributed by atoms with Crippen molar-refractivity contribution in [3.63, 3.8) is 0 Å². The summed E-state index contributed by atoms with van der Waals surface area (Å²) < 4.78 is 13.0. The van der Waals surface area contributed by atoms with Gasteiger partial charge in [0.1, 0.15) is 12.4 Å². The van der Waals surface area contributed by atoms with Crippen molar-refractivity contribution in [2.24, 2.45) is 0 Å². The average molecular weight is 223 g/mol. The summed E-state index contributed by atoms with van der Waals surface area (Å²) >= 11 is 0. The lowest BCUT2D eigenvalue weighted by Gasteiger charge is -2.27. The van der Waals surface area contributed by atoms with Crippen LogP contribution in [0.25, 0.3) is 0 Å². The minimum absolute atomic E-state index is 0.142. The molecule has 0 aliphatic carbocycles. The van der Waals surface area contributed by atoms with Crippen molar-refractivity contribution in [3.05, 3.63) is 35.1 Å². The molecule has 1 aliphatic heterocycles. The number of carbonyl (C=O) groups is 2. The number of carboxylic acids is 1. The smallest absolute Gasteiger partial charge is 0.323 e. The molecule has 1 heterocycles. The van der Waals surface area contributed by atoms with Crippen LogP contribution in [0.4, 0.5) is 4.39 Å². The Labute approximate surface area is 91.3 Å². The van der Waals surface area contributed by atoms with Gasteiger partial charge < -0.3 is 10.0 Å². The van der Waals surface area contributed by atoms with Crippen LogP contribution in [0, 0.1) is 5.82 Å². The normalized spacial score (nSPS) is 14.8. The second-order valence-electron chi connectivity index (χ2n) is 3.73. The third-order valence-corrected chi connectivity index (χ3v) is 2.55. The monoisotopic (exact) mass is 223 g/mol. The predicted molar refractivity (Wildman–Crippen MR) is 53.2 cm³/mol. The van der Waals surface area contributed by atoms with Gasteiger partial charge in [-0.05, 0) is 23.3 Å². The quantitative estimate of drug-likeness (QED) is 0.806. The minimum atomic E-state index is -1.06. The van der Waals surface area contributed by atoms with Gasteiger partial charge in [0.25, 0.3) is 0 Å². The van der Waals surface area contributed by atoms with Gasteiger partial charge in [-0.2, -0.15) is 0 Å². The van der Waals surface area contributed by atoms with Crippen molar-refractivity contribution >= 4 is 11.9 Å². The third-order valence-electron chi connectivity index (χ3n) is 2.55. The van der Waals surface area contributed by atoms with Gasteiger partial charge in [-0.15, -0.1) is 0 Å². The molecule has 0 bridgehead atoms. The minimum Gasteiger partial charge on any atom is -0.480 e. The van der Waals surface area contributed by atoms with Crippen LogP contribution in [0.3, 0.4) is 0 Å². The van der Waals surface area contributed by atoms with Crippen LogP contribution in [-0.2, 0) is 22.6 Å². The van der Waals surface area contributed by atoms with Gasteiger partial charge >= 0.3 is 5.97 Å². The lowest BCUT2D eigenvalue weighted by molar-refractivity contribution is -0.145. The fraction of sp³-hybridized carbons (Fsp3) is 0.273. The Bertz CT molecular complexity index is 459. The predicted octanol–water partition coefficient (Wildman–Crippen LogP) is 0.795. The number of carbonyl (C=O) groups excluding carboxylic acids is 1. The molecule has 0 spiro atoms. The Morgan fingerprint density at radius 3 is 2.88 bits per heavy atom. The molecule has 4 nitrogen and oxygen atoms in total. The Hall–Kier alpha value is -1.91. The number of carboxylic acid groups (broad SMARTS) is 1. The highest BCUT2D eigenvalue weighted by atomic mass is 19.1. The van der Waals surface area contributed by atoms with Crippen LogP contribution >= 0.6 is 0 Å². The van der Waals surface area contributed by atoms with Crippen molar-refractivity contribution in [2.75, 3.05) is 6.54 Å². The van der Waals surface area contributed by atoms with E-state index >= 15 is 0 Å². The fourth-order valence-corrected chi connectivity index (χ4v) is 1.79. The molecule has 1 aromatic carbocycles. The molecular weight excluding hydrogens is 213 g/mol. The van der Waals surface area contributed by atoms with E-state index in [0.717, 1.165) is 5.56 Å². The van der Waals surface area contributed by atoms with E-state index in [0.29, 0.717) is 5.56 Å². The van der Waals surface area contributed by atoms with E-state index in [1.54, 1.807) is 6.07 Å². The number of nitrogens with zero attached hydrogens (tertiary/aromatic N) is 1. The third kappa shape index (κ3) is 2.03. The highest BCUT2D eigenvalue weighted by Crippen LogP contribution is 2.20. The summed E-state index contributed by atoms with van der Waals surface area (Å²) in [7, 11) is 0. The number of fused-ring (bicyclic) bond motifs is 1. The molecule has 5 heteroatoms. The van der Waals surface area contributed by atoms with E-state index in [-0.39, 0.29) is 31.2 Å². The molecule has 1 aromatic rings. The van der Waals surface area contributed by atoms with E-state index in [2.05, 4.69) is 0 Å². The second kappa shape index (κ2) is 3.92. The van der Waals surface area contributed by atoms with Gasteiger partial charge in [0.15, 0.2) is 0 Å². The molecule has 0 saturated heterocycles. The Morgan fingerprint density at radius 1 is 1.44 bits per heavy atom. The molecule has 16 heavy (non-hydrogen) atoms. The van der Waals surface area contributed by atoms with Crippen molar-refractivity contribution < 1.29 is 19.1 Å². The van der Waals surface area contributed by atoms with Crippen LogP contribution in [0.15, 0.2) is 18.2 Å². The maximum Gasteiger partial charge on any atom is 0.323 e. The molecule has 0 atom stereocenters. The van der Waals surface area contributed by atoms with Gasteiger partial charge in [-0.1, -0.05) is 6.07 Å². The summed E-state index contributed by atoms with van der Waals surface area (Å²) in [5.41, 5.74) is 1.45. The van der Waals surface area contributed by atoms with Crippen LogP contribution in [0.2, 0.25) is 0 Å². The summed E-state index contributed by atoms with van der Waals surface area (Å²) in [6, 6.07) is 4.22. The Morgan fingerprint density at radius 2 is 2.19 bits per heavy atom. The van der Waals surface area contributed by atoms with Crippen molar-refractivity contribution in [1.29, 1.82) is 0 Å². The topological polar surface area (TPSA) is 57.6 Å². The van der Waals surface area contributed by atoms with Crippen LogP contribution in [-0.4, -0.2) is 28.4 Å². The zero-order chi connectivity index (χ0) is 11.7. The van der Waals surface area contributed by atoms with E-state index < -0.39 is 5.97 Å². The molecule has 0 fully saturated rings. The maximum absolute atomic E-state index is 13.0. The summed E-state index contributed by atoms with van der Waals surface area (Å²) in [5, 5.41) is 8.62. The average Bonchev–Trinajstić information content (AvgIpc) is 2.19. The van der Waals surface area contributed by atoms with Gasteiger partial charge in [-0.3, -0.25) is 9.59 Å². The molecule has 84 valence electrons. The van der Waals surface area contributed by atoms with Crippen LogP contribution in [0.1, 0.15) is 11.1 Å². The summed E-state index contributed by atoms with van der Waals surface area (Å²) in [4.78, 5) is 23.3. The zero-order valence-corrected chi connectivity index (χ0v) is 8.44. The van der Waals surface area contributed by atoms with E-state index in [9.17, 15) is 14.0 Å². The summed E-state index contributed by atoms with van der Waals surface area (Å²) in [5.74, 6) is -1.67. The maximum atomic E-state index is 13.0. The largest absolute Gasteiger partial charge is 0.480 e. The summed E-state index contributed by atoms with van der Waals surface area (Å²) in [6.45, 7) is -0.174. The number of halogens is 1. The molecule has 0 unspecified atom stereocenters. The van der Waals surface area contributed by atoms with Gasteiger partial charge in [0, 0.05) is 6.54 Å². The molecule has 1 amide bonds. The number of amides is 1. The van der Waals surface area contributed by atoms with Gasteiger partial charge in [-0.25, -0.2) is 4.39 Å². The first-order valence-corrected chi connectivity index (χ1v) is 4.83. The lowest BCUT2D eigenvalue weighted by Crippen LogP contribution is -2.39. The highest BCUT2D eigenvalue weighted by Gasteiger charge is 2.24. The molecule has 1 aliphatic rings. The van der Waals surface area contributed by atoms with Gasteiger partial charge in [0.05, 0.1) is 6.42 Å².